The molecule has 1 aromatic rings. The molecule has 2 N–H and O–H groups in total. The maximum absolute atomic E-state index is 11.2. The minimum Gasteiger partial charge on any atom is -0.493 e. The summed E-state index contributed by atoms with van der Waals surface area (Å²) in [5.41, 5.74) is 0.884. The summed E-state index contributed by atoms with van der Waals surface area (Å²) in [6, 6.07) is 5.56. The minimum absolute atomic E-state index is 0. The Labute approximate surface area is 118 Å². The molecule has 106 valence electrons. The Morgan fingerprint density at radius 3 is 2.63 bits per heavy atom. The fourth-order valence-electron chi connectivity index (χ4n) is 2.47. The Kier molecular flexibility index (Phi) is 5.44. The number of carboxylic acid groups (broad SMARTS) is 1. The Bertz CT molecular complexity index is 452. The van der Waals surface area contributed by atoms with E-state index in [0.29, 0.717) is 24.6 Å². The van der Waals surface area contributed by atoms with Crippen LogP contribution in [-0.4, -0.2) is 38.4 Å². The minimum atomic E-state index is -0.783. The fourth-order valence-corrected chi connectivity index (χ4v) is 2.47. The number of para-hydroxylation sites is 1. The second-order valence-corrected chi connectivity index (χ2v) is 4.29. The molecule has 6 heteroatoms. The van der Waals surface area contributed by atoms with Gasteiger partial charge in [-0.2, -0.15) is 0 Å². The number of hydrogen-bond donors (Lipinski definition) is 2. The third kappa shape index (κ3) is 2.93. The van der Waals surface area contributed by atoms with Gasteiger partial charge in [-0.25, -0.2) is 0 Å². The van der Waals surface area contributed by atoms with Crippen molar-refractivity contribution in [2.24, 2.45) is 5.92 Å². The van der Waals surface area contributed by atoms with E-state index in [0.717, 1.165) is 5.56 Å². The molecule has 1 heterocycles. The third-order valence-corrected chi connectivity index (χ3v) is 3.36. The monoisotopic (exact) mass is 287 g/mol. The summed E-state index contributed by atoms with van der Waals surface area (Å²) in [7, 11) is 3.14. The lowest BCUT2D eigenvalue weighted by atomic mass is 9.88. The summed E-state index contributed by atoms with van der Waals surface area (Å²) >= 11 is 0. The standard InChI is InChI=1S/C13H17NO4.ClH/c1-17-11-5-3-4-8(12(11)18-2)9-6-14-7-10(9)13(15)16;/h3-5,9-10,14H,6-7H2,1-2H3,(H,15,16);1H. The lowest BCUT2D eigenvalue weighted by molar-refractivity contribution is -0.141. The molecular formula is C13H18ClNO4. The van der Waals surface area contributed by atoms with E-state index in [1.165, 1.54) is 0 Å². The van der Waals surface area contributed by atoms with E-state index < -0.39 is 11.9 Å². The number of aliphatic carboxylic acids is 1. The van der Waals surface area contributed by atoms with Crippen LogP contribution in [0, 0.1) is 5.92 Å². The molecule has 0 aromatic heterocycles. The summed E-state index contributed by atoms with van der Waals surface area (Å²) in [5.74, 6) is -0.0422. The summed E-state index contributed by atoms with van der Waals surface area (Å²) < 4.78 is 10.6. The number of halogens is 1. The number of rotatable bonds is 4. The van der Waals surface area contributed by atoms with Gasteiger partial charge in [0.25, 0.3) is 0 Å². The largest absolute Gasteiger partial charge is 0.493 e. The van der Waals surface area contributed by atoms with Gasteiger partial charge in [0.1, 0.15) is 0 Å². The highest BCUT2D eigenvalue weighted by atomic mass is 35.5. The summed E-state index contributed by atoms with van der Waals surface area (Å²) in [6.07, 6.45) is 0. The molecule has 2 atom stereocenters. The molecule has 0 radical (unpaired) electrons. The maximum Gasteiger partial charge on any atom is 0.308 e. The first kappa shape index (κ1) is 15.6. The number of hydrogen-bond acceptors (Lipinski definition) is 4. The van der Waals surface area contributed by atoms with Crippen LogP contribution in [0.3, 0.4) is 0 Å². The summed E-state index contributed by atoms with van der Waals surface area (Å²) in [4.78, 5) is 11.2. The Balaban J connectivity index is 0.00000180. The van der Waals surface area contributed by atoms with Gasteiger partial charge in [-0.15, -0.1) is 12.4 Å². The van der Waals surface area contributed by atoms with Crippen LogP contribution < -0.4 is 14.8 Å². The predicted octanol–water partition coefficient (Wildman–Crippen LogP) is 1.51. The van der Waals surface area contributed by atoms with Crippen LogP contribution >= 0.6 is 12.4 Å². The van der Waals surface area contributed by atoms with Crippen molar-refractivity contribution in [3.8, 4) is 11.5 Å². The van der Waals surface area contributed by atoms with Crippen molar-refractivity contribution in [1.82, 2.24) is 5.32 Å². The number of methoxy groups -OCH3 is 2. The molecule has 1 saturated heterocycles. The Morgan fingerprint density at radius 1 is 1.32 bits per heavy atom. The fraction of sp³-hybridized carbons (Fsp3) is 0.462. The molecule has 1 fully saturated rings. The molecule has 0 saturated carbocycles. The second kappa shape index (κ2) is 6.63. The maximum atomic E-state index is 11.2. The van der Waals surface area contributed by atoms with Crippen molar-refractivity contribution in [1.29, 1.82) is 0 Å². The molecule has 19 heavy (non-hydrogen) atoms. The van der Waals surface area contributed by atoms with Crippen LogP contribution in [0.5, 0.6) is 11.5 Å². The van der Waals surface area contributed by atoms with E-state index in [1.54, 1.807) is 20.3 Å². The SMILES string of the molecule is COc1cccc(C2CNCC2C(=O)O)c1OC.Cl. The van der Waals surface area contributed by atoms with Crippen LogP contribution in [0.25, 0.3) is 0 Å². The van der Waals surface area contributed by atoms with E-state index >= 15 is 0 Å². The van der Waals surface area contributed by atoms with E-state index in [1.807, 2.05) is 12.1 Å². The highest BCUT2D eigenvalue weighted by Crippen LogP contribution is 2.39. The molecular weight excluding hydrogens is 270 g/mol. The summed E-state index contributed by atoms with van der Waals surface area (Å²) in [6.45, 7) is 1.13. The molecule has 2 rings (SSSR count). The van der Waals surface area contributed by atoms with Crippen LogP contribution in [0.4, 0.5) is 0 Å². The second-order valence-electron chi connectivity index (χ2n) is 4.29. The average Bonchev–Trinajstić information content (AvgIpc) is 2.86. The van der Waals surface area contributed by atoms with Crippen molar-refractivity contribution in [2.75, 3.05) is 27.3 Å². The summed E-state index contributed by atoms with van der Waals surface area (Å²) in [5, 5.41) is 12.3. The lowest BCUT2D eigenvalue weighted by Crippen LogP contribution is -2.21. The van der Waals surface area contributed by atoms with Gasteiger partial charge < -0.3 is 19.9 Å². The molecule has 1 aromatic carbocycles. The Morgan fingerprint density at radius 2 is 2.05 bits per heavy atom. The van der Waals surface area contributed by atoms with Gasteiger partial charge in [0.15, 0.2) is 11.5 Å². The predicted molar refractivity (Wildman–Crippen MR) is 73.5 cm³/mol. The molecule has 1 aliphatic rings. The van der Waals surface area contributed by atoms with Gasteiger partial charge in [-0.1, -0.05) is 12.1 Å². The van der Waals surface area contributed by atoms with E-state index in [4.69, 9.17) is 9.47 Å². The molecule has 0 aliphatic carbocycles. The van der Waals surface area contributed by atoms with Gasteiger partial charge >= 0.3 is 5.97 Å². The van der Waals surface area contributed by atoms with Crippen molar-refractivity contribution in [2.45, 2.75) is 5.92 Å². The zero-order chi connectivity index (χ0) is 13.1. The molecule has 2 unspecified atom stereocenters. The number of ether oxygens (including phenoxy) is 2. The van der Waals surface area contributed by atoms with E-state index in [-0.39, 0.29) is 18.3 Å². The molecule has 0 spiro atoms. The van der Waals surface area contributed by atoms with Crippen LogP contribution in [0.15, 0.2) is 18.2 Å². The van der Waals surface area contributed by atoms with Gasteiger partial charge in [-0.3, -0.25) is 4.79 Å². The number of nitrogens with one attached hydrogen (secondary N) is 1. The number of carboxylic acids is 1. The lowest BCUT2D eigenvalue weighted by Gasteiger charge is -2.19. The highest BCUT2D eigenvalue weighted by Gasteiger charge is 2.36. The van der Waals surface area contributed by atoms with Crippen molar-refractivity contribution in [3.05, 3.63) is 23.8 Å². The number of benzene rings is 1. The zero-order valence-corrected chi connectivity index (χ0v) is 11.7. The molecule has 5 nitrogen and oxygen atoms in total. The normalized spacial score (nSPS) is 21.6. The first-order chi connectivity index (χ1) is 8.69. The van der Waals surface area contributed by atoms with Gasteiger partial charge in [0.2, 0.25) is 0 Å². The van der Waals surface area contributed by atoms with Crippen LogP contribution in [0.1, 0.15) is 11.5 Å². The van der Waals surface area contributed by atoms with Gasteiger partial charge in [0.05, 0.1) is 20.1 Å². The average molecular weight is 288 g/mol. The smallest absolute Gasteiger partial charge is 0.308 e. The first-order valence-corrected chi connectivity index (χ1v) is 5.83. The first-order valence-electron chi connectivity index (χ1n) is 5.83. The molecule has 0 amide bonds. The van der Waals surface area contributed by atoms with Crippen LogP contribution in [0.2, 0.25) is 0 Å². The zero-order valence-electron chi connectivity index (χ0n) is 10.9. The van der Waals surface area contributed by atoms with E-state index in [9.17, 15) is 9.90 Å². The Hall–Kier alpha value is -1.46. The molecule has 0 bridgehead atoms. The van der Waals surface area contributed by atoms with Crippen molar-refractivity contribution >= 4 is 18.4 Å². The highest BCUT2D eigenvalue weighted by molar-refractivity contribution is 5.85. The topological polar surface area (TPSA) is 67.8 Å². The van der Waals surface area contributed by atoms with E-state index in [2.05, 4.69) is 5.32 Å². The van der Waals surface area contributed by atoms with Gasteiger partial charge in [0, 0.05) is 24.6 Å². The van der Waals surface area contributed by atoms with Crippen LogP contribution in [-0.2, 0) is 4.79 Å². The van der Waals surface area contributed by atoms with Crippen molar-refractivity contribution < 1.29 is 19.4 Å². The van der Waals surface area contributed by atoms with Crippen molar-refractivity contribution in [3.63, 3.8) is 0 Å². The molecule has 1 aliphatic heterocycles. The van der Waals surface area contributed by atoms with Gasteiger partial charge in [-0.05, 0) is 6.07 Å². The number of carbonyl (C=O) groups is 1. The third-order valence-electron chi connectivity index (χ3n) is 3.36. The quantitative estimate of drug-likeness (QED) is 0.879.